The molecule has 0 spiro atoms. The Labute approximate surface area is 181 Å². The van der Waals surface area contributed by atoms with Crippen molar-refractivity contribution in [2.45, 2.75) is 6.92 Å². The summed E-state index contributed by atoms with van der Waals surface area (Å²) in [6, 6.07) is 12.9. The van der Waals surface area contributed by atoms with Crippen LogP contribution < -0.4 is 0 Å². The van der Waals surface area contributed by atoms with E-state index in [0.717, 1.165) is 16.6 Å². The van der Waals surface area contributed by atoms with Gasteiger partial charge in [-0.15, -0.1) is 0 Å². The minimum absolute atomic E-state index is 0.370. The smallest absolute Gasteiger partial charge is 0.159 e. The zero-order chi connectivity index (χ0) is 21.7. The molecule has 0 saturated carbocycles. The number of nitrogens with zero attached hydrogens (tertiary/aromatic N) is 5. The molecule has 0 saturated heterocycles. The third-order valence-corrected chi connectivity index (χ3v) is 5.53. The number of aromatic amines is 2. The lowest BCUT2D eigenvalue weighted by Gasteiger charge is -2.07. The first-order valence-corrected chi connectivity index (χ1v) is 10.0. The van der Waals surface area contributed by atoms with Crippen LogP contribution in [0.3, 0.4) is 0 Å². The third-order valence-electron chi connectivity index (χ3n) is 5.53. The molecule has 5 heterocycles. The maximum absolute atomic E-state index is 15.8. The number of aromatic nitrogens is 7. The lowest BCUT2D eigenvalue weighted by molar-refractivity contribution is 0.643. The van der Waals surface area contributed by atoms with Crippen molar-refractivity contribution in [3.8, 4) is 34.0 Å². The summed E-state index contributed by atoms with van der Waals surface area (Å²) in [6.45, 7) is 1.93. The maximum Gasteiger partial charge on any atom is 0.159 e. The molecule has 0 aliphatic carbocycles. The van der Waals surface area contributed by atoms with Crippen LogP contribution in [-0.4, -0.2) is 35.1 Å². The number of pyridine rings is 3. The van der Waals surface area contributed by atoms with Gasteiger partial charge < -0.3 is 4.98 Å². The second-order valence-corrected chi connectivity index (χ2v) is 7.47. The number of H-pyrrole nitrogens is 2. The van der Waals surface area contributed by atoms with E-state index in [1.807, 2.05) is 43.3 Å². The van der Waals surface area contributed by atoms with Crippen LogP contribution in [0.4, 0.5) is 4.39 Å². The number of fused-ring (bicyclic) bond motifs is 2. The highest BCUT2D eigenvalue weighted by Gasteiger charge is 2.21. The first-order valence-electron chi connectivity index (χ1n) is 10.0. The third kappa shape index (κ3) is 2.77. The zero-order valence-corrected chi connectivity index (χ0v) is 17.0. The number of hydrogen-bond donors (Lipinski definition) is 2. The second kappa shape index (κ2) is 7.05. The number of hydrogen-bond acceptors (Lipinski definition) is 5. The highest BCUT2D eigenvalue weighted by atomic mass is 19.1. The topological polar surface area (TPSA) is 96.0 Å². The Kier molecular flexibility index (Phi) is 4.04. The first-order chi connectivity index (χ1) is 15.7. The summed E-state index contributed by atoms with van der Waals surface area (Å²) in [4.78, 5) is 21.0. The van der Waals surface area contributed by atoms with E-state index >= 15 is 4.39 Å². The molecule has 1 aromatic carbocycles. The predicted octanol–water partition coefficient (Wildman–Crippen LogP) is 5.07. The molecule has 0 bridgehead atoms. The Hall–Kier alpha value is -4.46. The van der Waals surface area contributed by atoms with E-state index in [0.29, 0.717) is 44.9 Å². The number of halogens is 1. The fraction of sp³-hybridized carbons (Fsp3) is 0.0417. The summed E-state index contributed by atoms with van der Waals surface area (Å²) < 4.78 is 15.8. The fourth-order valence-corrected chi connectivity index (χ4v) is 3.94. The molecule has 2 N–H and O–H groups in total. The molecule has 0 aliphatic heterocycles. The predicted molar refractivity (Wildman–Crippen MR) is 120 cm³/mol. The number of aryl methyl sites for hydroxylation is 1. The minimum Gasteiger partial charge on any atom is -0.336 e. The van der Waals surface area contributed by atoms with E-state index in [2.05, 4.69) is 30.1 Å². The van der Waals surface area contributed by atoms with Gasteiger partial charge in [-0.25, -0.2) is 9.37 Å². The number of rotatable bonds is 3. The van der Waals surface area contributed by atoms with Crippen LogP contribution in [0.1, 0.15) is 5.56 Å². The van der Waals surface area contributed by atoms with Gasteiger partial charge in [0.1, 0.15) is 22.7 Å². The van der Waals surface area contributed by atoms with E-state index in [1.165, 1.54) is 0 Å². The quantitative estimate of drug-likeness (QED) is 0.416. The molecule has 32 heavy (non-hydrogen) atoms. The molecule has 6 aromatic rings. The summed E-state index contributed by atoms with van der Waals surface area (Å²) in [5.41, 5.74) is 5.93. The number of nitrogens with one attached hydrogen (secondary N) is 2. The summed E-state index contributed by atoms with van der Waals surface area (Å²) in [7, 11) is 0. The number of benzene rings is 1. The van der Waals surface area contributed by atoms with E-state index in [9.17, 15) is 0 Å². The Morgan fingerprint density at radius 2 is 1.78 bits per heavy atom. The largest absolute Gasteiger partial charge is 0.336 e. The van der Waals surface area contributed by atoms with Crippen molar-refractivity contribution < 1.29 is 4.39 Å². The van der Waals surface area contributed by atoms with Crippen LogP contribution >= 0.6 is 0 Å². The normalized spacial score (nSPS) is 11.4. The average Bonchev–Trinajstić information content (AvgIpc) is 3.45. The van der Waals surface area contributed by atoms with E-state index in [1.54, 1.807) is 30.9 Å². The Bertz CT molecular complexity index is 1600. The molecule has 0 amide bonds. The van der Waals surface area contributed by atoms with Crippen molar-refractivity contribution in [2.24, 2.45) is 0 Å². The molecule has 0 unspecified atom stereocenters. The van der Waals surface area contributed by atoms with Crippen LogP contribution in [0.5, 0.6) is 0 Å². The van der Waals surface area contributed by atoms with Crippen molar-refractivity contribution in [1.82, 2.24) is 35.1 Å². The van der Waals surface area contributed by atoms with E-state index in [-0.39, 0.29) is 5.82 Å². The van der Waals surface area contributed by atoms with Crippen molar-refractivity contribution in [3.05, 3.63) is 78.6 Å². The molecule has 0 radical (unpaired) electrons. The lowest BCUT2D eigenvalue weighted by Crippen LogP contribution is -1.91. The molecule has 0 fully saturated rings. The minimum atomic E-state index is -0.370. The van der Waals surface area contributed by atoms with Crippen LogP contribution in [0.15, 0.2) is 67.3 Å². The highest BCUT2D eigenvalue weighted by molar-refractivity contribution is 5.98. The van der Waals surface area contributed by atoms with Gasteiger partial charge in [0.25, 0.3) is 0 Å². The van der Waals surface area contributed by atoms with Gasteiger partial charge in [0.15, 0.2) is 5.82 Å². The van der Waals surface area contributed by atoms with Gasteiger partial charge in [0.2, 0.25) is 0 Å². The molecule has 8 heteroatoms. The van der Waals surface area contributed by atoms with Crippen LogP contribution in [0.2, 0.25) is 0 Å². The van der Waals surface area contributed by atoms with E-state index in [4.69, 9.17) is 4.98 Å². The molecule has 0 aliphatic rings. The maximum atomic E-state index is 15.8. The first kappa shape index (κ1) is 18.3. The lowest BCUT2D eigenvalue weighted by atomic mass is 10.00. The molecular formula is C24H16FN7. The van der Waals surface area contributed by atoms with Crippen molar-refractivity contribution in [1.29, 1.82) is 0 Å². The highest BCUT2D eigenvalue weighted by Crippen LogP contribution is 2.35. The molecule has 0 atom stereocenters. The summed E-state index contributed by atoms with van der Waals surface area (Å²) in [6.07, 6.45) is 6.77. The Morgan fingerprint density at radius 3 is 2.62 bits per heavy atom. The average molecular weight is 421 g/mol. The van der Waals surface area contributed by atoms with E-state index < -0.39 is 0 Å². The number of imidazole rings is 1. The van der Waals surface area contributed by atoms with Crippen molar-refractivity contribution in [3.63, 3.8) is 0 Å². The van der Waals surface area contributed by atoms with Crippen LogP contribution in [0, 0.1) is 12.7 Å². The summed E-state index contributed by atoms with van der Waals surface area (Å²) in [5.74, 6) is 0.0845. The van der Waals surface area contributed by atoms with Crippen molar-refractivity contribution >= 4 is 21.9 Å². The Morgan fingerprint density at radius 1 is 0.844 bits per heavy atom. The van der Waals surface area contributed by atoms with Crippen LogP contribution in [-0.2, 0) is 0 Å². The van der Waals surface area contributed by atoms with Gasteiger partial charge in [-0.2, -0.15) is 5.10 Å². The standard InChI is InChI=1S/C24H16FN7/c1-13-7-10-26-12-15(13)14-5-6-16-19(20(14)25)23(32-31-16)24-29-18-8-11-28-21(22(18)30-24)17-4-2-3-9-27-17/h2-12H,1H3,(H,29,30)(H,31,32). The van der Waals surface area contributed by atoms with Crippen LogP contribution in [0.25, 0.3) is 56.0 Å². The zero-order valence-electron chi connectivity index (χ0n) is 17.0. The van der Waals surface area contributed by atoms with Gasteiger partial charge in [-0.3, -0.25) is 20.1 Å². The summed E-state index contributed by atoms with van der Waals surface area (Å²) >= 11 is 0. The molecule has 7 nitrogen and oxygen atoms in total. The van der Waals surface area contributed by atoms with Crippen molar-refractivity contribution in [2.75, 3.05) is 0 Å². The monoisotopic (exact) mass is 421 g/mol. The second-order valence-electron chi connectivity index (χ2n) is 7.47. The fourth-order valence-electron chi connectivity index (χ4n) is 3.94. The van der Waals surface area contributed by atoms with Gasteiger partial charge >= 0.3 is 0 Å². The SMILES string of the molecule is Cc1ccncc1-c1ccc2[nH]nc(-c3nc4c(-c5ccccn5)nccc4[nH]3)c2c1F. The van der Waals surface area contributed by atoms with Gasteiger partial charge in [-0.1, -0.05) is 6.07 Å². The summed E-state index contributed by atoms with van der Waals surface area (Å²) in [5, 5.41) is 7.66. The molecule has 154 valence electrons. The Balaban J connectivity index is 1.56. The van der Waals surface area contributed by atoms with Gasteiger partial charge in [0, 0.05) is 35.9 Å². The molecule has 5 aromatic heterocycles. The molecule has 6 rings (SSSR count). The van der Waals surface area contributed by atoms with Gasteiger partial charge in [-0.05, 0) is 48.9 Å². The van der Waals surface area contributed by atoms with Gasteiger partial charge in [0.05, 0.1) is 22.1 Å². The molecular weight excluding hydrogens is 405 g/mol.